The normalized spacial score (nSPS) is 16.8. The van der Waals surface area contributed by atoms with Crippen molar-refractivity contribution in [1.82, 2.24) is 15.1 Å². The first kappa shape index (κ1) is 19.7. The first-order valence-electron chi connectivity index (χ1n) is 10.3. The number of rotatable bonds is 8. The van der Waals surface area contributed by atoms with Crippen LogP contribution < -0.4 is 9.47 Å². The zero-order chi connectivity index (χ0) is 20.1. The Balaban J connectivity index is 1.20. The van der Waals surface area contributed by atoms with Crippen LogP contribution in [0.25, 0.3) is 10.9 Å². The Morgan fingerprint density at radius 1 is 1.14 bits per heavy atom. The molecule has 1 aliphatic rings. The van der Waals surface area contributed by atoms with Crippen molar-refractivity contribution in [3.63, 3.8) is 0 Å². The van der Waals surface area contributed by atoms with E-state index in [1.54, 1.807) is 6.20 Å². The van der Waals surface area contributed by atoms with Crippen molar-refractivity contribution in [2.45, 2.75) is 25.9 Å². The van der Waals surface area contributed by atoms with Crippen LogP contribution in [0.4, 0.5) is 0 Å². The second kappa shape index (κ2) is 9.29. The van der Waals surface area contributed by atoms with Gasteiger partial charge in [-0.2, -0.15) is 5.10 Å². The third kappa shape index (κ3) is 5.08. The Labute approximate surface area is 171 Å². The maximum atomic E-state index is 10.5. The van der Waals surface area contributed by atoms with Gasteiger partial charge in [0, 0.05) is 6.54 Å². The molecule has 0 bridgehead atoms. The summed E-state index contributed by atoms with van der Waals surface area (Å²) in [4.78, 5) is 2.32. The van der Waals surface area contributed by atoms with Crippen molar-refractivity contribution < 1.29 is 14.6 Å². The standard InChI is InChI=1S/C23H29N3O3/c1-17-7-8-22-21(13-24-25-22)23(17)29-16-19(27)14-26-11-9-18(10-12-26)15-28-20-5-3-2-4-6-20/h2-8,13,18-19,27H,9-12,14-16H2,1H3,(H,24,25). The molecule has 29 heavy (non-hydrogen) atoms. The van der Waals surface area contributed by atoms with Gasteiger partial charge >= 0.3 is 0 Å². The number of hydrogen-bond acceptors (Lipinski definition) is 5. The minimum Gasteiger partial charge on any atom is -0.493 e. The third-order valence-corrected chi connectivity index (χ3v) is 5.60. The summed E-state index contributed by atoms with van der Waals surface area (Å²) < 4.78 is 11.9. The fourth-order valence-corrected chi connectivity index (χ4v) is 3.89. The Bertz CT molecular complexity index is 904. The van der Waals surface area contributed by atoms with Crippen LogP contribution in [0.3, 0.4) is 0 Å². The lowest BCUT2D eigenvalue weighted by molar-refractivity contribution is 0.0505. The van der Waals surface area contributed by atoms with E-state index in [-0.39, 0.29) is 6.61 Å². The molecule has 0 aliphatic carbocycles. The minimum absolute atomic E-state index is 0.280. The number of aromatic nitrogens is 2. The first-order chi connectivity index (χ1) is 14.2. The Hall–Kier alpha value is -2.57. The molecule has 1 saturated heterocycles. The van der Waals surface area contributed by atoms with Crippen molar-refractivity contribution in [2.24, 2.45) is 5.92 Å². The van der Waals surface area contributed by atoms with Crippen LogP contribution in [-0.2, 0) is 0 Å². The van der Waals surface area contributed by atoms with Crippen molar-refractivity contribution in [2.75, 3.05) is 32.8 Å². The molecule has 2 aromatic carbocycles. The summed E-state index contributed by atoms with van der Waals surface area (Å²) in [6, 6.07) is 14.0. The Morgan fingerprint density at radius 2 is 1.93 bits per heavy atom. The number of para-hydroxylation sites is 1. The topological polar surface area (TPSA) is 70.6 Å². The lowest BCUT2D eigenvalue weighted by Crippen LogP contribution is -2.41. The molecule has 0 amide bonds. The zero-order valence-electron chi connectivity index (χ0n) is 16.9. The van der Waals surface area contributed by atoms with Crippen LogP contribution in [0.1, 0.15) is 18.4 Å². The van der Waals surface area contributed by atoms with E-state index in [1.807, 2.05) is 49.4 Å². The fourth-order valence-electron chi connectivity index (χ4n) is 3.89. The monoisotopic (exact) mass is 395 g/mol. The van der Waals surface area contributed by atoms with Crippen molar-refractivity contribution in [1.29, 1.82) is 0 Å². The van der Waals surface area contributed by atoms with Gasteiger partial charge in [0.1, 0.15) is 24.2 Å². The van der Waals surface area contributed by atoms with E-state index in [1.165, 1.54) is 0 Å². The molecular weight excluding hydrogens is 366 g/mol. The van der Waals surface area contributed by atoms with E-state index in [0.717, 1.165) is 60.5 Å². The molecule has 2 heterocycles. The number of H-pyrrole nitrogens is 1. The second-order valence-corrected chi connectivity index (χ2v) is 7.88. The summed E-state index contributed by atoms with van der Waals surface area (Å²) in [6.45, 7) is 5.65. The molecule has 0 radical (unpaired) electrons. The van der Waals surface area contributed by atoms with Crippen molar-refractivity contribution in [3.05, 3.63) is 54.2 Å². The maximum Gasteiger partial charge on any atom is 0.133 e. The summed E-state index contributed by atoms with van der Waals surface area (Å²) in [5, 5.41) is 18.5. The van der Waals surface area contributed by atoms with Gasteiger partial charge < -0.3 is 19.5 Å². The molecule has 6 heteroatoms. The highest BCUT2D eigenvalue weighted by Gasteiger charge is 2.22. The van der Waals surface area contributed by atoms with E-state index in [9.17, 15) is 5.11 Å². The lowest BCUT2D eigenvalue weighted by atomic mass is 9.97. The summed E-state index contributed by atoms with van der Waals surface area (Å²) in [5.74, 6) is 2.30. The predicted molar refractivity (Wildman–Crippen MR) is 113 cm³/mol. The molecule has 0 spiro atoms. The van der Waals surface area contributed by atoms with Crippen molar-refractivity contribution in [3.8, 4) is 11.5 Å². The summed E-state index contributed by atoms with van der Waals surface area (Å²) in [7, 11) is 0. The summed E-state index contributed by atoms with van der Waals surface area (Å²) in [5.41, 5.74) is 1.99. The minimum atomic E-state index is -0.520. The van der Waals surface area contributed by atoms with Crippen LogP contribution in [0, 0.1) is 12.8 Å². The Morgan fingerprint density at radius 3 is 2.72 bits per heavy atom. The smallest absolute Gasteiger partial charge is 0.133 e. The van der Waals surface area contributed by atoms with Crippen LogP contribution in [0.2, 0.25) is 0 Å². The number of β-amino-alcohol motifs (C(OH)–C–C–N with tert-alkyl or cyclic N) is 1. The zero-order valence-corrected chi connectivity index (χ0v) is 16.9. The van der Waals surface area contributed by atoms with Gasteiger partial charge in [-0.1, -0.05) is 24.3 Å². The number of ether oxygens (including phenoxy) is 2. The van der Waals surface area contributed by atoms with Gasteiger partial charge in [0.2, 0.25) is 0 Å². The van der Waals surface area contributed by atoms with Crippen LogP contribution in [0.5, 0.6) is 11.5 Å². The van der Waals surface area contributed by atoms with Crippen LogP contribution in [-0.4, -0.2) is 59.2 Å². The number of aliphatic hydroxyl groups excluding tert-OH is 1. The largest absolute Gasteiger partial charge is 0.493 e. The molecule has 1 fully saturated rings. The number of nitrogens with zero attached hydrogens (tertiary/aromatic N) is 2. The van der Waals surface area contributed by atoms with Crippen LogP contribution >= 0.6 is 0 Å². The number of aromatic amines is 1. The third-order valence-electron chi connectivity index (χ3n) is 5.60. The molecule has 154 valence electrons. The van der Waals surface area contributed by atoms with E-state index in [2.05, 4.69) is 15.1 Å². The number of likely N-dealkylation sites (tertiary alicyclic amines) is 1. The molecule has 1 aliphatic heterocycles. The number of aryl methyl sites for hydroxylation is 1. The molecular formula is C23H29N3O3. The highest BCUT2D eigenvalue weighted by Crippen LogP contribution is 2.28. The average Bonchev–Trinajstić information content (AvgIpc) is 3.22. The number of benzene rings is 2. The van der Waals surface area contributed by atoms with Crippen molar-refractivity contribution >= 4 is 10.9 Å². The van der Waals surface area contributed by atoms with Gasteiger partial charge in [0.05, 0.1) is 23.7 Å². The predicted octanol–water partition coefficient (Wildman–Crippen LogP) is 3.40. The van der Waals surface area contributed by atoms with Gasteiger partial charge in [0.25, 0.3) is 0 Å². The SMILES string of the molecule is Cc1ccc2[nH]ncc2c1OCC(O)CN1CCC(COc2ccccc2)CC1. The molecule has 1 unspecified atom stereocenters. The number of aliphatic hydroxyl groups is 1. The van der Waals surface area contributed by atoms with Crippen LogP contribution in [0.15, 0.2) is 48.7 Å². The summed E-state index contributed by atoms with van der Waals surface area (Å²) >= 11 is 0. The Kier molecular flexibility index (Phi) is 6.32. The molecule has 1 aromatic heterocycles. The fraction of sp³-hybridized carbons (Fsp3) is 0.435. The highest BCUT2D eigenvalue weighted by molar-refractivity contribution is 5.85. The molecule has 1 atom stereocenters. The lowest BCUT2D eigenvalue weighted by Gasteiger charge is -2.33. The van der Waals surface area contributed by atoms with Gasteiger partial charge in [0.15, 0.2) is 0 Å². The van der Waals surface area contributed by atoms with E-state index in [4.69, 9.17) is 9.47 Å². The van der Waals surface area contributed by atoms with Gasteiger partial charge in [-0.05, 0) is 62.5 Å². The molecule has 2 N–H and O–H groups in total. The summed E-state index contributed by atoms with van der Waals surface area (Å²) in [6.07, 6.45) is 3.43. The highest BCUT2D eigenvalue weighted by atomic mass is 16.5. The van der Waals surface area contributed by atoms with Gasteiger partial charge in [-0.3, -0.25) is 5.10 Å². The van der Waals surface area contributed by atoms with E-state index in [0.29, 0.717) is 12.5 Å². The quantitative estimate of drug-likeness (QED) is 0.612. The van der Waals surface area contributed by atoms with E-state index >= 15 is 0 Å². The number of fused-ring (bicyclic) bond motifs is 1. The molecule has 4 rings (SSSR count). The first-order valence-corrected chi connectivity index (χ1v) is 10.3. The number of piperidine rings is 1. The second-order valence-electron chi connectivity index (χ2n) is 7.88. The molecule has 3 aromatic rings. The van der Waals surface area contributed by atoms with E-state index < -0.39 is 6.10 Å². The number of hydrogen-bond donors (Lipinski definition) is 2. The maximum absolute atomic E-state index is 10.5. The average molecular weight is 396 g/mol. The van der Waals surface area contributed by atoms with Gasteiger partial charge in [-0.15, -0.1) is 0 Å². The number of nitrogens with one attached hydrogen (secondary N) is 1. The molecule has 6 nitrogen and oxygen atoms in total. The van der Waals surface area contributed by atoms with Gasteiger partial charge in [-0.25, -0.2) is 0 Å². The molecule has 0 saturated carbocycles.